The molecule has 0 aromatic heterocycles. The summed E-state index contributed by atoms with van der Waals surface area (Å²) in [5, 5.41) is 3.16. The molecule has 1 N–H and O–H groups in total. The third-order valence-electron chi connectivity index (χ3n) is 5.93. The maximum atomic E-state index is 13.3. The lowest BCUT2D eigenvalue weighted by molar-refractivity contribution is -0.286. The number of halogens is 2. The van der Waals surface area contributed by atoms with Gasteiger partial charge in [0.05, 0.1) is 11.5 Å². The van der Waals surface area contributed by atoms with Crippen LogP contribution < -0.4 is 14.8 Å². The Hall–Kier alpha value is -1.97. The molecule has 2 aliphatic heterocycles. The quantitative estimate of drug-likeness (QED) is 0.618. The molecular formula is C24H31F2NO4S2. The number of carbonyl (C=O) groups is 1. The van der Waals surface area contributed by atoms with Gasteiger partial charge in [0.15, 0.2) is 11.5 Å². The topological polar surface area (TPSA) is 56.8 Å². The summed E-state index contributed by atoms with van der Waals surface area (Å²) in [7, 11) is 0. The monoisotopic (exact) mass is 499 g/mol. The van der Waals surface area contributed by atoms with Crippen molar-refractivity contribution in [3.8, 4) is 11.5 Å². The van der Waals surface area contributed by atoms with Crippen LogP contribution in [-0.2, 0) is 14.9 Å². The van der Waals surface area contributed by atoms with Crippen molar-refractivity contribution >= 4 is 32.9 Å². The number of amides is 1. The Morgan fingerprint density at radius 1 is 1.00 bits per heavy atom. The Kier molecular flexibility index (Phi) is 9.07. The van der Waals surface area contributed by atoms with Crippen molar-refractivity contribution in [2.45, 2.75) is 63.4 Å². The SMILES string of the molecule is CC.O=C(N[C@H]1CCO[C@H](c2ccccc2)C1)C1(c2ccc3c(c2)OC(F)(F)O3)CC1.S.S. The number of benzene rings is 2. The highest BCUT2D eigenvalue weighted by molar-refractivity contribution is 7.59. The molecule has 0 bridgehead atoms. The lowest BCUT2D eigenvalue weighted by Gasteiger charge is -2.31. The van der Waals surface area contributed by atoms with Gasteiger partial charge in [-0.25, -0.2) is 0 Å². The van der Waals surface area contributed by atoms with Gasteiger partial charge in [-0.3, -0.25) is 4.79 Å². The van der Waals surface area contributed by atoms with E-state index in [1.165, 1.54) is 12.1 Å². The number of alkyl halides is 2. The molecule has 2 atom stereocenters. The van der Waals surface area contributed by atoms with Crippen molar-refractivity contribution < 1.29 is 27.8 Å². The van der Waals surface area contributed by atoms with Gasteiger partial charge in [-0.15, -0.1) is 8.78 Å². The minimum Gasteiger partial charge on any atom is -0.395 e. The molecule has 0 spiro atoms. The van der Waals surface area contributed by atoms with Crippen LogP contribution in [0.5, 0.6) is 11.5 Å². The van der Waals surface area contributed by atoms with Gasteiger partial charge in [-0.05, 0) is 48.9 Å². The predicted octanol–water partition coefficient (Wildman–Crippen LogP) is 5.33. The van der Waals surface area contributed by atoms with Gasteiger partial charge in [-0.1, -0.05) is 50.2 Å². The van der Waals surface area contributed by atoms with Gasteiger partial charge < -0.3 is 19.5 Å². The molecule has 3 aliphatic rings. The maximum Gasteiger partial charge on any atom is 0.586 e. The van der Waals surface area contributed by atoms with E-state index < -0.39 is 11.7 Å². The van der Waals surface area contributed by atoms with Crippen LogP contribution in [0.1, 0.15) is 56.8 Å². The molecule has 2 aromatic rings. The van der Waals surface area contributed by atoms with E-state index in [0.29, 0.717) is 31.4 Å². The van der Waals surface area contributed by atoms with Crippen molar-refractivity contribution in [3.05, 3.63) is 59.7 Å². The van der Waals surface area contributed by atoms with Crippen LogP contribution in [-0.4, -0.2) is 24.9 Å². The normalized spacial score (nSPS) is 23.0. The van der Waals surface area contributed by atoms with E-state index >= 15 is 0 Å². The van der Waals surface area contributed by atoms with Gasteiger partial charge in [-0.2, -0.15) is 27.0 Å². The molecule has 9 heteroatoms. The molecule has 0 unspecified atom stereocenters. The van der Waals surface area contributed by atoms with Gasteiger partial charge in [0.1, 0.15) is 0 Å². The highest BCUT2D eigenvalue weighted by atomic mass is 32.1. The van der Waals surface area contributed by atoms with E-state index in [9.17, 15) is 13.6 Å². The van der Waals surface area contributed by atoms with Crippen LogP contribution in [0.25, 0.3) is 0 Å². The van der Waals surface area contributed by atoms with Crippen molar-refractivity contribution in [1.82, 2.24) is 5.32 Å². The summed E-state index contributed by atoms with van der Waals surface area (Å²) in [5.74, 6) is -0.103. The van der Waals surface area contributed by atoms with Crippen LogP contribution in [0, 0.1) is 0 Å². The van der Waals surface area contributed by atoms with Crippen molar-refractivity contribution in [3.63, 3.8) is 0 Å². The Labute approximate surface area is 207 Å². The van der Waals surface area contributed by atoms with E-state index in [4.69, 9.17) is 4.74 Å². The second-order valence-corrected chi connectivity index (χ2v) is 7.88. The molecule has 0 radical (unpaired) electrons. The van der Waals surface area contributed by atoms with Crippen molar-refractivity contribution in [2.75, 3.05) is 6.61 Å². The zero-order valence-corrected chi connectivity index (χ0v) is 20.7. The molecule has 1 saturated heterocycles. The lowest BCUT2D eigenvalue weighted by Crippen LogP contribution is -2.44. The largest absolute Gasteiger partial charge is 0.586 e. The zero-order valence-electron chi connectivity index (χ0n) is 18.7. The van der Waals surface area contributed by atoms with Crippen LogP contribution in [0.4, 0.5) is 8.78 Å². The molecule has 1 amide bonds. The zero-order chi connectivity index (χ0) is 22.1. The molecule has 2 heterocycles. The fourth-order valence-corrected chi connectivity index (χ4v) is 4.17. The van der Waals surface area contributed by atoms with Crippen LogP contribution in [0.15, 0.2) is 48.5 Å². The highest BCUT2D eigenvalue weighted by Crippen LogP contribution is 2.52. The average molecular weight is 500 g/mol. The smallest absolute Gasteiger partial charge is 0.395 e. The summed E-state index contributed by atoms with van der Waals surface area (Å²) in [4.78, 5) is 13.1. The van der Waals surface area contributed by atoms with Crippen LogP contribution in [0.2, 0.25) is 0 Å². The Bertz CT molecular complexity index is 941. The Balaban J connectivity index is 0.000000939. The average Bonchev–Trinajstić information content (AvgIpc) is 3.53. The third kappa shape index (κ3) is 5.75. The second kappa shape index (κ2) is 11.0. The summed E-state index contributed by atoms with van der Waals surface area (Å²) in [6.45, 7) is 4.58. The number of hydrogen-bond donors (Lipinski definition) is 1. The fraction of sp³-hybridized carbons (Fsp3) is 0.458. The summed E-state index contributed by atoms with van der Waals surface area (Å²) < 4.78 is 41.5. The molecule has 5 rings (SSSR count). The summed E-state index contributed by atoms with van der Waals surface area (Å²) in [6, 6.07) is 14.6. The summed E-state index contributed by atoms with van der Waals surface area (Å²) in [6.07, 6.45) is -0.884. The Morgan fingerprint density at radius 2 is 1.67 bits per heavy atom. The van der Waals surface area contributed by atoms with Crippen molar-refractivity contribution in [1.29, 1.82) is 0 Å². The minimum atomic E-state index is -3.66. The van der Waals surface area contributed by atoms with Crippen LogP contribution in [0.3, 0.4) is 0 Å². The summed E-state index contributed by atoms with van der Waals surface area (Å²) >= 11 is 0. The Morgan fingerprint density at radius 3 is 2.33 bits per heavy atom. The first kappa shape index (κ1) is 27.3. The van der Waals surface area contributed by atoms with E-state index in [1.807, 2.05) is 44.2 Å². The maximum absolute atomic E-state index is 13.3. The van der Waals surface area contributed by atoms with E-state index in [-0.39, 0.29) is 56.5 Å². The fourth-order valence-electron chi connectivity index (χ4n) is 4.17. The number of ether oxygens (including phenoxy) is 3. The first-order valence-corrected chi connectivity index (χ1v) is 10.8. The summed E-state index contributed by atoms with van der Waals surface area (Å²) in [5.41, 5.74) is 1.10. The molecule has 1 saturated carbocycles. The van der Waals surface area contributed by atoms with Gasteiger partial charge in [0, 0.05) is 12.6 Å². The minimum absolute atomic E-state index is 0. The van der Waals surface area contributed by atoms with Gasteiger partial charge in [0.2, 0.25) is 5.91 Å². The van der Waals surface area contributed by atoms with Crippen molar-refractivity contribution in [2.24, 2.45) is 0 Å². The second-order valence-electron chi connectivity index (χ2n) is 7.88. The number of carbonyl (C=O) groups excluding carboxylic acids is 1. The van der Waals surface area contributed by atoms with E-state index in [0.717, 1.165) is 12.0 Å². The van der Waals surface area contributed by atoms with Gasteiger partial charge >= 0.3 is 6.29 Å². The molecule has 182 valence electrons. The predicted molar refractivity (Wildman–Crippen MR) is 132 cm³/mol. The molecule has 5 nitrogen and oxygen atoms in total. The number of rotatable bonds is 4. The number of fused-ring (bicyclic) bond motifs is 1. The first-order valence-electron chi connectivity index (χ1n) is 10.8. The number of nitrogens with one attached hydrogen (secondary N) is 1. The number of hydrogen-bond acceptors (Lipinski definition) is 4. The molecular weight excluding hydrogens is 468 g/mol. The molecule has 33 heavy (non-hydrogen) atoms. The lowest BCUT2D eigenvalue weighted by atomic mass is 9.92. The molecule has 1 aliphatic carbocycles. The highest BCUT2D eigenvalue weighted by Gasteiger charge is 2.53. The molecule has 2 fully saturated rings. The van der Waals surface area contributed by atoms with Gasteiger partial charge in [0.25, 0.3) is 0 Å². The first-order chi connectivity index (χ1) is 15.0. The molecule has 2 aromatic carbocycles. The standard InChI is InChI=1S/C22H21F2NO4.C2H6.2H2S/c23-22(24)28-17-7-6-15(12-19(17)29-22)21(9-10-21)20(26)25-16-8-11-27-18(13-16)14-4-2-1-3-5-14;1-2;;/h1-7,12,16,18H,8-11,13H2,(H,25,26);1-2H3;2*1H2/t16-,18-;;;/m0.../s1. The van der Waals surface area contributed by atoms with E-state index in [1.54, 1.807) is 6.07 Å². The van der Waals surface area contributed by atoms with E-state index in [2.05, 4.69) is 14.8 Å². The van der Waals surface area contributed by atoms with Crippen LogP contribution >= 0.6 is 27.0 Å². The third-order valence-corrected chi connectivity index (χ3v) is 5.93.